The SMILES string of the molecule is CCC(=O)NC(c1ccncc1)c1ccc(CN(C)C)cc1. The van der Waals surface area contributed by atoms with E-state index in [1.807, 2.05) is 19.1 Å². The maximum absolute atomic E-state index is 11.8. The zero-order valence-electron chi connectivity index (χ0n) is 13.4. The smallest absolute Gasteiger partial charge is 0.220 e. The van der Waals surface area contributed by atoms with Gasteiger partial charge in [-0.05, 0) is 42.9 Å². The van der Waals surface area contributed by atoms with Crippen LogP contribution in [0.25, 0.3) is 0 Å². The van der Waals surface area contributed by atoms with Gasteiger partial charge in [0.2, 0.25) is 5.91 Å². The second-order valence-electron chi connectivity index (χ2n) is 5.61. The first-order valence-electron chi connectivity index (χ1n) is 7.53. The van der Waals surface area contributed by atoms with Gasteiger partial charge in [0.25, 0.3) is 0 Å². The molecule has 0 spiro atoms. The number of hydrogen-bond acceptors (Lipinski definition) is 3. The fraction of sp³-hybridized carbons (Fsp3) is 0.333. The third kappa shape index (κ3) is 4.40. The fourth-order valence-corrected chi connectivity index (χ4v) is 2.36. The molecule has 116 valence electrons. The number of rotatable bonds is 6. The van der Waals surface area contributed by atoms with E-state index < -0.39 is 0 Å². The summed E-state index contributed by atoms with van der Waals surface area (Å²) in [4.78, 5) is 18.0. The van der Waals surface area contributed by atoms with Gasteiger partial charge in [-0.25, -0.2) is 0 Å². The molecule has 2 rings (SSSR count). The quantitative estimate of drug-likeness (QED) is 0.891. The highest BCUT2D eigenvalue weighted by Gasteiger charge is 2.16. The van der Waals surface area contributed by atoms with Gasteiger partial charge in [-0.3, -0.25) is 9.78 Å². The number of benzene rings is 1. The molecule has 2 aromatic rings. The summed E-state index contributed by atoms with van der Waals surface area (Å²) in [7, 11) is 4.10. The second-order valence-corrected chi connectivity index (χ2v) is 5.61. The van der Waals surface area contributed by atoms with E-state index in [0.29, 0.717) is 6.42 Å². The van der Waals surface area contributed by atoms with Crippen LogP contribution in [-0.2, 0) is 11.3 Å². The Labute approximate surface area is 132 Å². The number of carbonyl (C=O) groups is 1. The first-order chi connectivity index (χ1) is 10.6. The van der Waals surface area contributed by atoms with Crippen LogP contribution in [0.5, 0.6) is 0 Å². The number of nitrogens with zero attached hydrogens (tertiary/aromatic N) is 2. The van der Waals surface area contributed by atoms with Gasteiger partial charge in [-0.1, -0.05) is 31.2 Å². The molecule has 1 aromatic heterocycles. The molecule has 0 aliphatic carbocycles. The summed E-state index contributed by atoms with van der Waals surface area (Å²) in [6.07, 6.45) is 3.97. The zero-order chi connectivity index (χ0) is 15.9. The Morgan fingerprint density at radius 1 is 1.09 bits per heavy atom. The van der Waals surface area contributed by atoms with Gasteiger partial charge in [0.15, 0.2) is 0 Å². The van der Waals surface area contributed by atoms with Crippen LogP contribution in [0.3, 0.4) is 0 Å². The molecule has 1 amide bonds. The fourth-order valence-electron chi connectivity index (χ4n) is 2.36. The summed E-state index contributed by atoms with van der Waals surface area (Å²) in [6, 6.07) is 12.1. The number of pyridine rings is 1. The average molecular weight is 297 g/mol. The highest BCUT2D eigenvalue weighted by Crippen LogP contribution is 2.22. The molecular weight excluding hydrogens is 274 g/mol. The maximum atomic E-state index is 11.8. The summed E-state index contributed by atoms with van der Waals surface area (Å²) in [5.74, 6) is 0.0409. The molecule has 0 fully saturated rings. The van der Waals surface area contributed by atoms with E-state index in [2.05, 4.69) is 53.6 Å². The lowest BCUT2D eigenvalue weighted by molar-refractivity contribution is -0.121. The summed E-state index contributed by atoms with van der Waals surface area (Å²) in [5, 5.41) is 3.08. The Morgan fingerprint density at radius 2 is 1.68 bits per heavy atom. The number of carbonyl (C=O) groups excluding carboxylic acids is 1. The standard InChI is InChI=1S/C18H23N3O/c1-4-17(22)20-18(16-9-11-19-12-10-16)15-7-5-14(6-8-15)13-21(2)3/h5-12,18H,4,13H2,1-3H3,(H,20,22). The van der Waals surface area contributed by atoms with Crippen LogP contribution in [0.4, 0.5) is 0 Å². The molecule has 0 bridgehead atoms. The minimum absolute atomic E-state index is 0.0409. The first kappa shape index (κ1) is 16.2. The number of amides is 1. The van der Waals surface area contributed by atoms with E-state index in [1.54, 1.807) is 12.4 Å². The lowest BCUT2D eigenvalue weighted by Gasteiger charge is -2.20. The van der Waals surface area contributed by atoms with Crippen molar-refractivity contribution in [2.75, 3.05) is 14.1 Å². The van der Waals surface area contributed by atoms with Gasteiger partial charge in [-0.2, -0.15) is 0 Å². The highest BCUT2D eigenvalue weighted by molar-refractivity contribution is 5.76. The second kappa shape index (κ2) is 7.71. The summed E-state index contributed by atoms with van der Waals surface area (Å²) in [6.45, 7) is 2.76. The van der Waals surface area contributed by atoms with Crippen LogP contribution in [0.2, 0.25) is 0 Å². The molecule has 1 N–H and O–H groups in total. The number of hydrogen-bond donors (Lipinski definition) is 1. The predicted octanol–water partition coefficient (Wildman–Crippen LogP) is 2.76. The highest BCUT2D eigenvalue weighted by atomic mass is 16.1. The van der Waals surface area contributed by atoms with Crippen molar-refractivity contribution in [2.24, 2.45) is 0 Å². The number of nitrogens with one attached hydrogen (secondary N) is 1. The molecule has 1 heterocycles. The van der Waals surface area contributed by atoms with Crippen molar-refractivity contribution in [3.63, 3.8) is 0 Å². The molecule has 1 atom stereocenters. The summed E-state index contributed by atoms with van der Waals surface area (Å²) in [5.41, 5.74) is 3.37. The van der Waals surface area contributed by atoms with E-state index in [1.165, 1.54) is 5.56 Å². The van der Waals surface area contributed by atoms with Crippen LogP contribution in [0.15, 0.2) is 48.8 Å². The van der Waals surface area contributed by atoms with Crippen LogP contribution < -0.4 is 5.32 Å². The van der Waals surface area contributed by atoms with E-state index >= 15 is 0 Å². The van der Waals surface area contributed by atoms with Crippen LogP contribution in [0, 0.1) is 0 Å². The molecule has 22 heavy (non-hydrogen) atoms. The molecule has 1 unspecified atom stereocenters. The molecule has 1 aromatic carbocycles. The van der Waals surface area contributed by atoms with Gasteiger partial charge in [-0.15, -0.1) is 0 Å². The van der Waals surface area contributed by atoms with Crippen molar-refractivity contribution in [3.8, 4) is 0 Å². The normalized spacial score (nSPS) is 12.2. The van der Waals surface area contributed by atoms with Crippen LogP contribution in [-0.4, -0.2) is 29.9 Å². The third-order valence-corrected chi connectivity index (χ3v) is 3.48. The Morgan fingerprint density at radius 3 is 2.23 bits per heavy atom. The Hall–Kier alpha value is -2.20. The lowest BCUT2D eigenvalue weighted by Crippen LogP contribution is -2.28. The molecule has 0 aliphatic rings. The van der Waals surface area contributed by atoms with Crippen molar-refractivity contribution in [3.05, 3.63) is 65.5 Å². The minimum Gasteiger partial charge on any atom is -0.345 e. The first-order valence-corrected chi connectivity index (χ1v) is 7.53. The van der Waals surface area contributed by atoms with Crippen molar-refractivity contribution >= 4 is 5.91 Å². The van der Waals surface area contributed by atoms with Gasteiger partial charge < -0.3 is 10.2 Å². The molecule has 0 saturated heterocycles. The van der Waals surface area contributed by atoms with Gasteiger partial charge in [0.05, 0.1) is 6.04 Å². The van der Waals surface area contributed by atoms with Gasteiger partial charge in [0, 0.05) is 25.4 Å². The summed E-state index contributed by atoms with van der Waals surface area (Å²) < 4.78 is 0. The van der Waals surface area contributed by atoms with Gasteiger partial charge >= 0.3 is 0 Å². The third-order valence-electron chi connectivity index (χ3n) is 3.48. The van der Waals surface area contributed by atoms with Crippen molar-refractivity contribution in [2.45, 2.75) is 25.9 Å². The van der Waals surface area contributed by atoms with E-state index in [9.17, 15) is 4.79 Å². The summed E-state index contributed by atoms with van der Waals surface area (Å²) >= 11 is 0. The van der Waals surface area contributed by atoms with E-state index in [4.69, 9.17) is 0 Å². The van der Waals surface area contributed by atoms with Crippen molar-refractivity contribution in [1.29, 1.82) is 0 Å². The van der Waals surface area contributed by atoms with E-state index in [-0.39, 0.29) is 11.9 Å². The lowest BCUT2D eigenvalue weighted by atomic mass is 9.98. The van der Waals surface area contributed by atoms with Crippen LogP contribution >= 0.6 is 0 Å². The molecule has 4 heteroatoms. The van der Waals surface area contributed by atoms with Crippen molar-refractivity contribution < 1.29 is 4.79 Å². The zero-order valence-corrected chi connectivity index (χ0v) is 13.4. The average Bonchev–Trinajstić information content (AvgIpc) is 2.53. The Kier molecular flexibility index (Phi) is 5.67. The maximum Gasteiger partial charge on any atom is 0.220 e. The Bertz CT molecular complexity index is 593. The number of aromatic nitrogens is 1. The van der Waals surface area contributed by atoms with Gasteiger partial charge in [0.1, 0.15) is 0 Å². The monoisotopic (exact) mass is 297 g/mol. The Balaban J connectivity index is 2.26. The van der Waals surface area contributed by atoms with Crippen molar-refractivity contribution in [1.82, 2.24) is 15.2 Å². The largest absolute Gasteiger partial charge is 0.345 e. The molecule has 0 radical (unpaired) electrons. The molecule has 0 aliphatic heterocycles. The minimum atomic E-state index is -0.135. The van der Waals surface area contributed by atoms with E-state index in [0.717, 1.165) is 17.7 Å². The topological polar surface area (TPSA) is 45.2 Å². The van der Waals surface area contributed by atoms with Crippen LogP contribution in [0.1, 0.15) is 36.1 Å². The molecule has 0 saturated carbocycles. The molecular formula is C18H23N3O. The predicted molar refractivity (Wildman–Crippen MR) is 88.3 cm³/mol. The molecule has 4 nitrogen and oxygen atoms in total.